The minimum absolute atomic E-state index is 0.0175. The van der Waals surface area contributed by atoms with Gasteiger partial charge in [-0.2, -0.15) is 0 Å². The SMILES string of the molecule is CCC(CCO)NC(=O)Nc1ccc(I)cc1. The lowest BCUT2D eigenvalue weighted by atomic mass is 10.2. The lowest BCUT2D eigenvalue weighted by molar-refractivity contribution is 0.237. The Morgan fingerprint density at radius 2 is 2.06 bits per heavy atom. The van der Waals surface area contributed by atoms with Gasteiger partial charge < -0.3 is 15.7 Å². The van der Waals surface area contributed by atoms with Crippen LogP contribution in [0.5, 0.6) is 0 Å². The molecule has 0 bridgehead atoms. The zero-order chi connectivity index (χ0) is 12.7. The summed E-state index contributed by atoms with van der Waals surface area (Å²) in [6.07, 6.45) is 1.39. The maximum absolute atomic E-state index is 11.6. The number of benzene rings is 1. The van der Waals surface area contributed by atoms with Crippen LogP contribution in [0.1, 0.15) is 19.8 Å². The number of amides is 2. The second-order valence-electron chi connectivity index (χ2n) is 3.72. The van der Waals surface area contributed by atoms with Crippen LogP contribution in [0.4, 0.5) is 10.5 Å². The van der Waals surface area contributed by atoms with Crippen molar-refractivity contribution in [2.75, 3.05) is 11.9 Å². The molecule has 0 aliphatic rings. The van der Waals surface area contributed by atoms with Gasteiger partial charge in [-0.1, -0.05) is 6.92 Å². The third-order valence-corrected chi connectivity index (χ3v) is 3.13. The number of urea groups is 1. The molecule has 5 heteroatoms. The van der Waals surface area contributed by atoms with Crippen LogP contribution >= 0.6 is 22.6 Å². The maximum Gasteiger partial charge on any atom is 0.319 e. The minimum Gasteiger partial charge on any atom is -0.396 e. The summed E-state index contributed by atoms with van der Waals surface area (Å²) in [7, 11) is 0. The largest absolute Gasteiger partial charge is 0.396 e. The lowest BCUT2D eigenvalue weighted by Crippen LogP contribution is -2.38. The fourth-order valence-electron chi connectivity index (χ4n) is 1.42. The van der Waals surface area contributed by atoms with Crippen molar-refractivity contribution in [1.82, 2.24) is 5.32 Å². The third-order valence-electron chi connectivity index (χ3n) is 2.41. The number of hydrogen-bond acceptors (Lipinski definition) is 2. The Morgan fingerprint density at radius 3 is 2.59 bits per heavy atom. The first kappa shape index (κ1) is 14.2. The number of carbonyl (C=O) groups is 1. The molecule has 3 N–H and O–H groups in total. The van der Waals surface area contributed by atoms with Gasteiger partial charge in [-0.05, 0) is 59.7 Å². The van der Waals surface area contributed by atoms with Crippen molar-refractivity contribution in [1.29, 1.82) is 0 Å². The van der Waals surface area contributed by atoms with Crippen LogP contribution in [0.3, 0.4) is 0 Å². The van der Waals surface area contributed by atoms with Crippen LogP contribution in [-0.4, -0.2) is 23.8 Å². The van der Waals surface area contributed by atoms with E-state index < -0.39 is 0 Å². The molecule has 0 saturated heterocycles. The van der Waals surface area contributed by atoms with Gasteiger partial charge in [-0.15, -0.1) is 0 Å². The van der Waals surface area contributed by atoms with Crippen molar-refractivity contribution in [2.24, 2.45) is 0 Å². The molecule has 0 fully saturated rings. The highest BCUT2D eigenvalue weighted by atomic mass is 127. The van der Waals surface area contributed by atoms with Gasteiger partial charge in [0.1, 0.15) is 0 Å². The molecular weight excluding hydrogens is 331 g/mol. The number of hydrogen-bond donors (Lipinski definition) is 3. The molecule has 2 amide bonds. The summed E-state index contributed by atoms with van der Waals surface area (Å²) in [5, 5.41) is 14.4. The van der Waals surface area contributed by atoms with Gasteiger partial charge in [0, 0.05) is 21.9 Å². The molecule has 1 rings (SSSR count). The highest BCUT2D eigenvalue weighted by Gasteiger charge is 2.09. The zero-order valence-electron chi connectivity index (χ0n) is 9.74. The molecule has 17 heavy (non-hydrogen) atoms. The fraction of sp³-hybridized carbons (Fsp3) is 0.417. The molecule has 0 radical (unpaired) electrons. The van der Waals surface area contributed by atoms with Gasteiger partial charge in [0.25, 0.3) is 0 Å². The van der Waals surface area contributed by atoms with Crippen molar-refractivity contribution >= 4 is 34.3 Å². The second-order valence-corrected chi connectivity index (χ2v) is 4.97. The van der Waals surface area contributed by atoms with E-state index in [9.17, 15) is 4.79 Å². The maximum atomic E-state index is 11.6. The fourth-order valence-corrected chi connectivity index (χ4v) is 1.78. The van der Waals surface area contributed by atoms with E-state index in [4.69, 9.17) is 5.11 Å². The number of halogens is 1. The van der Waals surface area contributed by atoms with E-state index in [0.717, 1.165) is 15.7 Å². The average molecular weight is 348 g/mol. The van der Waals surface area contributed by atoms with E-state index in [0.29, 0.717) is 6.42 Å². The van der Waals surface area contributed by atoms with Gasteiger partial charge in [-0.25, -0.2) is 4.79 Å². The molecule has 1 unspecified atom stereocenters. The predicted octanol–water partition coefficient (Wildman–Crippen LogP) is 2.57. The van der Waals surface area contributed by atoms with E-state index in [2.05, 4.69) is 33.2 Å². The van der Waals surface area contributed by atoms with Gasteiger partial charge in [-0.3, -0.25) is 0 Å². The van der Waals surface area contributed by atoms with Gasteiger partial charge in [0.2, 0.25) is 0 Å². The normalized spacial score (nSPS) is 11.9. The summed E-state index contributed by atoms with van der Waals surface area (Å²) in [4.78, 5) is 11.6. The Labute approximate surface area is 115 Å². The summed E-state index contributed by atoms with van der Waals surface area (Å²) < 4.78 is 1.13. The standard InChI is InChI=1S/C12H17IN2O2/c1-2-10(7-8-16)14-12(17)15-11-5-3-9(13)4-6-11/h3-6,10,16H,2,7-8H2,1H3,(H2,14,15,17). The first-order valence-electron chi connectivity index (χ1n) is 5.59. The van der Waals surface area contributed by atoms with Crippen LogP contribution in [0.15, 0.2) is 24.3 Å². The van der Waals surface area contributed by atoms with Gasteiger partial charge in [0.05, 0.1) is 0 Å². The Bertz CT molecular complexity index is 354. The van der Waals surface area contributed by atoms with E-state index in [1.165, 1.54) is 0 Å². The molecule has 1 aromatic carbocycles. The zero-order valence-corrected chi connectivity index (χ0v) is 11.9. The molecular formula is C12H17IN2O2. The molecule has 1 atom stereocenters. The van der Waals surface area contributed by atoms with Crippen molar-refractivity contribution in [3.05, 3.63) is 27.8 Å². The topological polar surface area (TPSA) is 61.4 Å². The number of aliphatic hydroxyl groups excluding tert-OH is 1. The summed E-state index contributed by atoms with van der Waals surface area (Å²) in [5.74, 6) is 0. The molecule has 0 spiro atoms. The monoisotopic (exact) mass is 348 g/mol. The van der Waals surface area contributed by atoms with Gasteiger partial charge in [0.15, 0.2) is 0 Å². The molecule has 0 aliphatic carbocycles. The lowest BCUT2D eigenvalue weighted by Gasteiger charge is -2.16. The van der Waals surface area contributed by atoms with Crippen molar-refractivity contribution in [2.45, 2.75) is 25.8 Å². The first-order valence-corrected chi connectivity index (χ1v) is 6.67. The quantitative estimate of drug-likeness (QED) is 0.717. The van der Waals surface area contributed by atoms with E-state index in [-0.39, 0.29) is 18.7 Å². The van der Waals surface area contributed by atoms with Crippen molar-refractivity contribution in [3.8, 4) is 0 Å². The number of anilines is 1. The molecule has 94 valence electrons. The number of aliphatic hydroxyl groups is 1. The number of nitrogens with one attached hydrogen (secondary N) is 2. The van der Waals surface area contributed by atoms with Crippen LogP contribution in [0.25, 0.3) is 0 Å². The van der Waals surface area contributed by atoms with Crippen LogP contribution in [-0.2, 0) is 0 Å². The Hall–Kier alpha value is -0.820. The Morgan fingerprint density at radius 1 is 1.41 bits per heavy atom. The third kappa shape index (κ3) is 5.36. The number of rotatable bonds is 5. The van der Waals surface area contributed by atoms with E-state index in [1.54, 1.807) is 0 Å². The highest BCUT2D eigenvalue weighted by Crippen LogP contribution is 2.11. The van der Waals surface area contributed by atoms with Crippen LogP contribution in [0.2, 0.25) is 0 Å². The summed E-state index contributed by atoms with van der Waals surface area (Å²) in [6, 6.07) is 7.36. The smallest absolute Gasteiger partial charge is 0.319 e. The van der Waals surface area contributed by atoms with E-state index in [1.807, 2.05) is 31.2 Å². The van der Waals surface area contributed by atoms with Crippen molar-refractivity contribution < 1.29 is 9.90 Å². The summed E-state index contributed by atoms with van der Waals surface area (Å²) in [5.41, 5.74) is 0.766. The minimum atomic E-state index is -0.230. The molecule has 4 nitrogen and oxygen atoms in total. The molecule has 1 aromatic rings. The van der Waals surface area contributed by atoms with Crippen LogP contribution < -0.4 is 10.6 Å². The van der Waals surface area contributed by atoms with Gasteiger partial charge >= 0.3 is 6.03 Å². The molecule has 0 aliphatic heterocycles. The predicted molar refractivity (Wildman–Crippen MR) is 77.1 cm³/mol. The Balaban J connectivity index is 2.46. The number of carbonyl (C=O) groups excluding carboxylic acids is 1. The average Bonchev–Trinajstić information content (AvgIpc) is 2.31. The van der Waals surface area contributed by atoms with E-state index >= 15 is 0 Å². The van der Waals surface area contributed by atoms with Crippen molar-refractivity contribution in [3.63, 3.8) is 0 Å². The first-order chi connectivity index (χ1) is 8.15. The molecule has 0 heterocycles. The van der Waals surface area contributed by atoms with Crippen LogP contribution in [0, 0.1) is 3.57 Å². The summed E-state index contributed by atoms with van der Waals surface area (Å²) in [6.45, 7) is 2.06. The summed E-state index contributed by atoms with van der Waals surface area (Å²) >= 11 is 2.21. The Kier molecular flexibility index (Phi) is 6.28. The highest BCUT2D eigenvalue weighted by molar-refractivity contribution is 14.1. The molecule has 0 aromatic heterocycles. The molecule has 0 saturated carbocycles. The second kappa shape index (κ2) is 7.50.